The molecule has 0 fully saturated rings. The zero-order valence-electron chi connectivity index (χ0n) is 13.6. The topological polar surface area (TPSA) is 42.2 Å². The van der Waals surface area contributed by atoms with Crippen LogP contribution >= 0.6 is 21.0 Å². The van der Waals surface area contributed by atoms with Gasteiger partial charge < -0.3 is 5.32 Å². The number of hydrogen-bond donors (Lipinski definition) is 1. The van der Waals surface area contributed by atoms with E-state index in [1.807, 2.05) is 0 Å². The molecule has 3 rings (SSSR count). The van der Waals surface area contributed by atoms with E-state index >= 15 is 0 Å². The van der Waals surface area contributed by atoms with Crippen LogP contribution in [-0.4, -0.2) is 17.3 Å². The molecule has 0 radical (unpaired) electrons. The van der Waals surface area contributed by atoms with Crippen molar-refractivity contribution in [2.75, 3.05) is 5.32 Å². The van der Waals surface area contributed by atoms with Crippen LogP contribution in [0.25, 0.3) is 0 Å². The van der Waals surface area contributed by atoms with Crippen molar-refractivity contribution in [3.63, 3.8) is 0 Å². The van der Waals surface area contributed by atoms with Gasteiger partial charge >= 0.3 is 6.18 Å². The minimum absolute atomic E-state index is 0.0515. The van der Waals surface area contributed by atoms with E-state index in [1.54, 1.807) is 6.92 Å². The number of benzene rings is 1. The van der Waals surface area contributed by atoms with Gasteiger partial charge in [0.25, 0.3) is 5.92 Å². The first-order valence-corrected chi connectivity index (χ1v) is 9.30. The lowest BCUT2D eigenvalue weighted by atomic mass is 10.1. The summed E-state index contributed by atoms with van der Waals surface area (Å²) in [6.45, 7) is 2.27. The number of fused-ring (bicyclic) bond motifs is 1. The van der Waals surface area contributed by atoms with E-state index in [0.29, 0.717) is 24.8 Å². The van der Waals surface area contributed by atoms with Gasteiger partial charge in [-0.1, -0.05) is 0 Å². The summed E-state index contributed by atoms with van der Waals surface area (Å²) < 4.78 is 93.7. The van der Waals surface area contributed by atoms with E-state index in [9.17, 15) is 30.7 Å². The fraction of sp³-hybridized carbons (Fsp3) is 0.267. The Labute approximate surface area is 157 Å². The van der Waals surface area contributed by atoms with Crippen LogP contribution in [0.15, 0.2) is 23.2 Å². The summed E-state index contributed by atoms with van der Waals surface area (Å²) in [6, 6.07) is 2.26. The van der Waals surface area contributed by atoms with Crippen molar-refractivity contribution in [3.05, 3.63) is 46.6 Å². The molecule has 0 spiro atoms. The molecule has 2 heterocycles. The third-order valence-electron chi connectivity index (χ3n) is 3.34. The molecule has 0 bridgehead atoms. The van der Waals surface area contributed by atoms with Crippen molar-refractivity contribution in [2.24, 2.45) is 4.99 Å². The third kappa shape index (κ3) is 3.99. The molecule has 0 aliphatic carbocycles. The van der Waals surface area contributed by atoms with Gasteiger partial charge in [-0.3, -0.25) is 0 Å². The SMILES string of the molecule is Cc1cc(=Nc2cc(F)c(C(F)(F)F)c(F)c2)n2c(n1)NC(C(C)(F)F)=I2. The second-order valence-corrected chi connectivity index (χ2v) is 8.19. The zero-order valence-corrected chi connectivity index (χ0v) is 15.8. The van der Waals surface area contributed by atoms with Gasteiger partial charge in [0.2, 0.25) is 5.95 Å². The van der Waals surface area contributed by atoms with Crippen LogP contribution < -0.4 is 10.8 Å². The van der Waals surface area contributed by atoms with Gasteiger partial charge in [0, 0.05) is 51.8 Å². The molecule has 0 unspecified atom stereocenters. The standard InChI is InChI=1S/C15H10F7IN4/c1-6-3-10(27-13(24-6)26-12(23-27)14(2,18)19)25-7-4-8(16)11(9(17)5-7)15(20,21)22/h3-5H,1-2H3,(H,24,26). The van der Waals surface area contributed by atoms with Crippen LogP contribution in [-0.2, 0) is 6.18 Å². The highest BCUT2D eigenvalue weighted by atomic mass is 127. The first-order valence-electron chi connectivity index (χ1n) is 7.25. The first-order chi connectivity index (χ1) is 12.4. The van der Waals surface area contributed by atoms with Crippen molar-refractivity contribution >= 4 is 36.3 Å². The molecule has 0 amide bonds. The molecule has 0 atom stereocenters. The molecule has 2 aromatic rings. The number of aromatic nitrogens is 2. The fourth-order valence-corrected chi connectivity index (χ4v) is 4.47. The van der Waals surface area contributed by atoms with E-state index in [1.165, 1.54) is 8.85 Å². The number of halogens is 8. The molecule has 1 aliphatic rings. The summed E-state index contributed by atoms with van der Waals surface area (Å²) in [5.41, 5.74) is -2.00. The minimum atomic E-state index is -5.19. The molecule has 4 nitrogen and oxygen atoms in total. The number of anilines is 1. The quantitative estimate of drug-likeness (QED) is 0.476. The molecule has 27 heavy (non-hydrogen) atoms. The Morgan fingerprint density at radius 3 is 2.19 bits per heavy atom. The molecular formula is C15H10F7IN4. The summed E-state index contributed by atoms with van der Waals surface area (Å²) in [7, 11) is 0. The van der Waals surface area contributed by atoms with Crippen molar-refractivity contribution < 1.29 is 30.7 Å². The highest BCUT2D eigenvalue weighted by molar-refractivity contribution is 14.2. The smallest absolute Gasteiger partial charge is 0.317 e. The summed E-state index contributed by atoms with van der Waals surface area (Å²) in [5, 5.41) is 2.50. The maximum absolute atomic E-state index is 13.7. The average molecular weight is 506 g/mol. The molecule has 1 aliphatic heterocycles. The fourth-order valence-electron chi connectivity index (χ4n) is 2.25. The van der Waals surface area contributed by atoms with Gasteiger partial charge in [-0.15, -0.1) is 0 Å². The van der Waals surface area contributed by atoms with Gasteiger partial charge in [-0.2, -0.15) is 22.0 Å². The van der Waals surface area contributed by atoms with E-state index in [-0.39, 0.29) is 15.1 Å². The van der Waals surface area contributed by atoms with Gasteiger partial charge in [-0.05, 0) is 6.92 Å². The Balaban J connectivity index is 2.17. The lowest BCUT2D eigenvalue weighted by molar-refractivity contribution is -0.142. The Morgan fingerprint density at radius 2 is 1.67 bits per heavy atom. The normalized spacial score (nSPS) is 15.1. The number of hydrogen-bond acceptors (Lipinski definition) is 3. The van der Waals surface area contributed by atoms with Gasteiger partial charge in [0.1, 0.15) is 26.3 Å². The molecule has 0 saturated heterocycles. The lowest BCUT2D eigenvalue weighted by Crippen LogP contribution is -2.28. The van der Waals surface area contributed by atoms with Crippen LogP contribution in [0.4, 0.5) is 42.4 Å². The Kier molecular flexibility index (Phi) is 4.80. The van der Waals surface area contributed by atoms with Crippen LogP contribution in [0.2, 0.25) is 0 Å². The van der Waals surface area contributed by atoms with Crippen LogP contribution in [0.3, 0.4) is 0 Å². The van der Waals surface area contributed by atoms with E-state index < -0.39 is 56.0 Å². The predicted molar refractivity (Wildman–Crippen MR) is 92.2 cm³/mol. The van der Waals surface area contributed by atoms with Crippen molar-refractivity contribution in [2.45, 2.75) is 25.9 Å². The maximum Gasteiger partial charge on any atom is 0.422 e. The van der Waals surface area contributed by atoms with Gasteiger partial charge in [0.15, 0.2) is 0 Å². The zero-order chi connectivity index (χ0) is 20.1. The monoisotopic (exact) mass is 506 g/mol. The highest BCUT2D eigenvalue weighted by Gasteiger charge is 2.38. The summed E-state index contributed by atoms with van der Waals surface area (Å²) >= 11 is -1.46. The van der Waals surface area contributed by atoms with Crippen molar-refractivity contribution in [3.8, 4) is 0 Å². The molecule has 12 heteroatoms. The van der Waals surface area contributed by atoms with Crippen LogP contribution in [0.1, 0.15) is 18.2 Å². The molecule has 1 N–H and O–H groups in total. The second-order valence-electron chi connectivity index (χ2n) is 5.67. The summed E-state index contributed by atoms with van der Waals surface area (Å²) in [5.74, 6) is -6.65. The van der Waals surface area contributed by atoms with Gasteiger partial charge in [-0.25, -0.2) is 21.5 Å². The third-order valence-corrected chi connectivity index (χ3v) is 6.47. The number of aryl methyl sites for hydroxylation is 1. The highest BCUT2D eigenvalue weighted by Crippen LogP contribution is 2.35. The minimum Gasteiger partial charge on any atom is -0.317 e. The number of nitrogens with zero attached hydrogens (tertiary/aromatic N) is 3. The lowest BCUT2D eigenvalue weighted by Gasteiger charge is -2.10. The Hall–Kier alpha value is -1.99. The molecular weight excluding hydrogens is 496 g/mol. The van der Waals surface area contributed by atoms with Gasteiger partial charge in [0.05, 0.1) is 5.69 Å². The largest absolute Gasteiger partial charge is 0.422 e. The maximum atomic E-state index is 13.7. The molecule has 146 valence electrons. The second kappa shape index (κ2) is 6.56. The van der Waals surface area contributed by atoms with E-state index in [2.05, 4.69) is 15.3 Å². The van der Waals surface area contributed by atoms with Crippen LogP contribution in [0.5, 0.6) is 0 Å². The number of nitrogens with one attached hydrogen (secondary N) is 1. The predicted octanol–water partition coefficient (Wildman–Crippen LogP) is 4.67. The van der Waals surface area contributed by atoms with E-state index in [0.717, 1.165) is 0 Å². The molecule has 1 aromatic carbocycles. The summed E-state index contributed by atoms with van der Waals surface area (Å²) in [6.07, 6.45) is -5.19. The number of rotatable bonds is 2. The Morgan fingerprint density at radius 1 is 1.07 bits per heavy atom. The molecule has 0 saturated carbocycles. The van der Waals surface area contributed by atoms with Crippen LogP contribution in [0, 0.1) is 18.6 Å². The van der Waals surface area contributed by atoms with Crippen molar-refractivity contribution in [1.29, 1.82) is 0 Å². The first kappa shape index (κ1) is 19.8. The summed E-state index contributed by atoms with van der Waals surface area (Å²) in [4.78, 5) is 8.01. The Bertz CT molecular complexity index is 995. The molecule has 1 aromatic heterocycles. The van der Waals surface area contributed by atoms with Crippen molar-refractivity contribution in [1.82, 2.24) is 7.76 Å². The van der Waals surface area contributed by atoms with E-state index in [4.69, 9.17) is 0 Å². The number of alkyl halides is 5. The average Bonchev–Trinajstić information content (AvgIpc) is 2.88.